The van der Waals surface area contributed by atoms with Gasteiger partial charge in [0.15, 0.2) is 6.10 Å². The van der Waals surface area contributed by atoms with Crippen LogP contribution in [-0.4, -0.2) is 37.2 Å². The van der Waals surface area contributed by atoms with E-state index in [4.69, 9.17) is 10.00 Å². The summed E-state index contributed by atoms with van der Waals surface area (Å²) in [5.41, 5.74) is 1.19. The zero-order valence-electron chi connectivity index (χ0n) is 8.12. The largest absolute Gasteiger partial charge is 0.361 e. The molecule has 0 saturated carbocycles. The van der Waals surface area contributed by atoms with E-state index in [1.807, 2.05) is 6.92 Å². The van der Waals surface area contributed by atoms with Gasteiger partial charge in [0, 0.05) is 19.6 Å². The lowest BCUT2D eigenvalue weighted by atomic mass is 10.2. The SMILES string of the molecule is C=C(C)CCN1CCOC(C#N)C1. The van der Waals surface area contributed by atoms with Crippen LogP contribution < -0.4 is 0 Å². The second-order valence-corrected chi connectivity index (χ2v) is 3.50. The lowest BCUT2D eigenvalue weighted by molar-refractivity contribution is 0.00106. The van der Waals surface area contributed by atoms with Crippen LogP contribution in [0.25, 0.3) is 0 Å². The van der Waals surface area contributed by atoms with Gasteiger partial charge in [-0.1, -0.05) is 5.57 Å². The van der Waals surface area contributed by atoms with Gasteiger partial charge in [0.25, 0.3) is 0 Å². The smallest absolute Gasteiger partial charge is 0.156 e. The van der Waals surface area contributed by atoms with Gasteiger partial charge in [0.1, 0.15) is 0 Å². The Kier molecular flexibility index (Phi) is 3.94. The second-order valence-electron chi connectivity index (χ2n) is 3.50. The highest BCUT2D eigenvalue weighted by Gasteiger charge is 2.18. The third kappa shape index (κ3) is 3.58. The molecule has 0 amide bonds. The maximum absolute atomic E-state index is 8.67. The number of nitriles is 1. The van der Waals surface area contributed by atoms with Crippen LogP contribution in [0, 0.1) is 11.3 Å². The first-order valence-corrected chi connectivity index (χ1v) is 4.60. The summed E-state index contributed by atoms with van der Waals surface area (Å²) in [7, 11) is 0. The van der Waals surface area contributed by atoms with E-state index >= 15 is 0 Å². The maximum Gasteiger partial charge on any atom is 0.156 e. The second kappa shape index (κ2) is 5.00. The van der Waals surface area contributed by atoms with Gasteiger partial charge in [0.05, 0.1) is 12.7 Å². The van der Waals surface area contributed by atoms with Gasteiger partial charge in [-0.3, -0.25) is 4.90 Å². The van der Waals surface area contributed by atoms with Crippen LogP contribution in [0.5, 0.6) is 0 Å². The molecule has 0 bridgehead atoms. The highest BCUT2D eigenvalue weighted by atomic mass is 16.5. The molecule has 1 fully saturated rings. The Morgan fingerprint density at radius 1 is 1.77 bits per heavy atom. The van der Waals surface area contributed by atoms with Crippen molar-refractivity contribution < 1.29 is 4.74 Å². The van der Waals surface area contributed by atoms with Crippen molar-refractivity contribution >= 4 is 0 Å². The molecule has 3 heteroatoms. The molecule has 1 unspecified atom stereocenters. The van der Waals surface area contributed by atoms with Gasteiger partial charge in [-0.15, -0.1) is 6.58 Å². The van der Waals surface area contributed by atoms with Crippen molar-refractivity contribution in [3.8, 4) is 6.07 Å². The van der Waals surface area contributed by atoms with Crippen molar-refractivity contribution in [1.82, 2.24) is 4.90 Å². The summed E-state index contributed by atoms with van der Waals surface area (Å²) in [4.78, 5) is 2.26. The summed E-state index contributed by atoms with van der Waals surface area (Å²) in [6, 6.07) is 2.14. The fourth-order valence-electron chi connectivity index (χ4n) is 1.33. The van der Waals surface area contributed by atoms with Gasteiger partial charge in [-0.05, 0) is 13.3 Å². The molecule has 0 aliphatic carbocycles. The Morgan fingerprint density at radius 3 is 3.15 bits per heavy atom. The fraction of sp³-hybridized carbons (Fsp3) is 0.700. The minimum Gasteiger partial charge on any atom is -0.361 e. The number of morpholine rings is 1. The molecule has 1 saturated heterocycles. The molecule has 0 aromatic carbocycles. The maximum atomic E-state index is 8.67. The van der Waals surface area contributed by atoms with Crippen LogP contribution >= 0.6 is 0 Å². The standard InChI is InChI=1S/C10H16N2O/c1-9(2)3-4-12-5-6-13-10(7-11)8-12/h10H,1,3-6,8H2,2H3. The van der Waals surface area contributed by atoms with Gasteiger partial charge in [-0.2, -0.15) is 5.26 Å². The molecule has 1 aliphatic rings. The lowest BCUT2D eigenvalue weighted by Crippen LogP contribution is -2.42. The van der Waals surface area contributed by atoms with Crippen LogP contribution in [0.15, 0.2) is 12.2 Å². The average Bonchev–Trinajstić information content (AvgIpc) is 2.15. The van der Waals surface area contributed by atoms with Gasteiger partial charge in [0.2, 0.25) is 0 Å². The van der Waals surface area contributed by atoms with Crippen LogP contribution in [0.1, 0.15) is 13.3 Å². The monoisotopic (exact) mass is 180 g/mol. The molecule has 13 heavy (non-hydrogen) atoms. The van der Waals surface area contributed by atoms with Crippen LogP contribution in [0.3, 0.4) is 0 Å². The average molecular weight is 180 g/mol. The molecule has 0 aromatic rings. The Hall–Kier alpha value is -0.850. The fourth-order valence-corrected chi connectivity index (χ4v) is 1.33. The first kappa shape index (κ1) is 10.2. The molecule has 0 spiro atoms. The zero-order valence-corrected chi connectivity index (χ0v) is 8.12. The molecule has 0 radical (unpaired) electrons. The predicted molar refractivity (Wildman–Crippen MR) is 51.2 cm³/mol. The summed E-state index contributed by atoms with van der Waals surface area (Å²) in [6.45, 7) is 9.23. The Labute approximate surface area is 79.6 Å². The molecule has 0 N–H and O–H groups in total. The van der Waals surface area contributed by atoms with Gasteiger partial charge < -0.3 is 4.74 Å². The topological polar surface area (TPSA) is 36.3 Å². The highest BCUT2D eigenvalue weighted by Crippen LogP contribution is 2.06. The molecule has 1 heterocycles. The minimum atomic E-state index is -0.237. The summed E-state index contributed by atoms with van der Waals surface area (Å²) in [5, 5.41) is 8.67. The molecular formula is C10H16N2O. The van der Waals surface area contributed by atoms with Crippen molar-refractivity contribution in [1.29, 1.82) is 5.26 Å². The van der Waals surface area contributed by atoms with Crippen LogP contribution in [0.4, 0.5) is 0 Å². The minimum absolute atomic E-state index is 0.237. The first-order valence-electron chi connectivity index (χ1n) is 4.60. The molecular weight excluding hydrogens is 164 g/mol. The summed E-state index contributed by atoms with van der Waals surface area (Å²) < 4.78 is 5.24. The van der Waals surface area contributed by atoms with Crippen LogP contribution in [0.2, 0.25) is 0 Å². The van der Waals surface area contributed by atoms with Gasteiger partial charge >= 0.3 is 0 Å². The van der Waals surface area contributed by atoms with Crippen molar-refractivity contribution in [3.05, 3.63) is 12.2 Å². The van der Waals surface area contributed by atoms with E-state index in [0.717, 1.165) is 26.1 Å². The Morgan fingerprint density at radius 2 is 2.54 bits per heavy atom. The molecule has 0 aromatic heterocycles. The first-order chi connectivity index (χ1) is 6.22. The summed E-state index contributed by atoms with van der Waals surface area (Å²) in [6.07, 6.45) is 0.775. The zero-order chi connectivity index (χ0) is 9.68. The van der Waals surface area contributed by atoms with Gasteiger partial charge in [-0.25, -0.2) is 0 Å². The van der Waals surface area contributed by atoms with E-state index in [1.165, 1.54) is 5.57 Å². The highest BCUT2D eigenvalue weighted by molar-refractivity contribution is 4.92. The van der Waals surface area contributed by atoms with E-state index in [0.29, 0.717) is 6.61 Å². The summed E-state index contributed by atoms with van der Waals surface area (Å²) in [5.74, 6) is 0. The number of ether oxygens (including phenoxy) is 1. The normalized spacial score (nSPS) is 23.8. The number of rotatable bonds is 3. The third-order valence-electron chi connectivity index (χ3n) is 2.15. The van der Waals surface area contributed by atoms with E-state index in [9.17, 15) is 0 Å². The van der Waals surface area contributed by atoms with E-state index < -0.39 is 0 Å². The van der Waals surface area contributed by atoms with E-state index in [-0.39, 0.29) is 6.10 Å². The molecule has 1 atom stereocenters. The number of hydrogen-bond donors (Lipinski definition) is 0. The van der Waals surface area contributed by atoms with Crippen LogP contribution in [-0.2, 0) is 4.74 Å². The number of nitrogens with zero attached hydrogens (tertiary/aromatic N) is 2. The molecule has 3 nitrogen and oxygen atoms in total. The van der Waals surface area contributed by atoms with Crippen molar-refractivity contribution in [2.24, 2.45) is 0 Å². The predicted octanol–water partition coefficient (Wildman–Crippen LogP) is 1.18. The van der Waals surface area contributed by atoms with E-state index in [1.54, 1.807) is 0 Å². The van der Waals surface area contributed by atoms with Crippen molar-refractivity contribution in [2.75, 3.05) is 26.2 Å². The Bertz CT molecular complexity index is 219. The van der Waals surface area contributed by atoms with Crippen molar-refractivity contribution in [2.45, 2.75) is 19.4 Å². The lowest BCUT2D eigenvalue weighted by Gasteiger charge is -2.29. The van der Waals surface area contributed by atoms with Crippen molar-refractivity contribution in [3.63, 3.8) is 0 Å². The molecule has 1 rings (SSSR count). The molecule has 1 aliphatic heterocycles. The summed E-state index contributed by atoms with van der Waals surface area (Å²) >= 11 is 0. The Balaban J connectivity index is 2.27. The van der Waals surface area contributed by atoms with E-state index in [2.05, 4.69) is 17.5 Å². The molecule has 72 valence electrons. The quantitative estimate of drug-likeness (QED) is 0.612. The number of hydrogen-bond acceptors (Lipinski definition) is 3. The third-order valence-corrected chi connectivity index (χ3v) is 2.15.